The molecule has 120 valence electrons. The summed E-state index contributed by atoms with van der Waals surface area (Å²) >= 11 is 1.86. The van der Waals surface area contributed by atoms with Gasteiger partial charge in [0.05, 0.1) is 11.2 Å². The molecule has 1 N–H and O–H groups in total. The molecule has 1 aromatic rings. The van der Waals surface area contributed by atoms with Crippen molar-refractivity contribution in [2.24, 2.45) is 11.8 Å². The Hall–Kier alpha value is -0.410. The minimum atomic E-state index is 0.121. The lowest BCUT2D eigenvalue weighted by molar-refractivity contribution is 0.148. The van der Waals surface area contributed by atoms with Gasteiger partial charge in [0.25, 0.3) is 0 Å². The summed E-state index contributed by atoms with van der Waals surface area (Å²) in [6.45, 7) is 14.7. The number of thiazole rings is 1. The number of nitrogens with one attached hydrogen (secondary N) is 1. The molecule has 1 aromatic heterocycles. The first-order chi connectivity index (χ1) is 9.78. The van der Waals surface area contributed by atoms with Crippen molar-refractivity contribution in [3.63, 3.8) is 0 Å². The number of nitrogens with zero attached hydrogens (tertiary/aromatic N) is 1. The summed E-state index contributed by atoms with van der Waals surface area (Å²) < 4.78 is 0. The summed E-state index contributed by atoms with van der Waals surface area (Å²) in [4.78, 5) is 5.05. The largest absolute Gasteiger partial charge is 0.306 e. The van der Waals surface area contributed by atoms with E-state index in [1.807, 2.05) is 11.3 Å². The molecule has 0 aliphatic heterocycles. The van der Waals surface area contributed by atoms with Gasteiger partial charge in [-0.25, -0.2) is 4.98 Å². The van der Waals surface area contributed by atoms with E-state index in [9.17, 15) is 0 Å². The van der Waals surface area contributed by atoms with Crippen LogP contribution in [-0.4, -0.2) is 11.5 Å². The van der Waals surface area contributed by atoms with Gasteiger partial charge in [-0.3, -0.25) is 0 Å². The van der Waals surface area contributed by atoms with Crippen LogP contribution in [0.3, 0.4) is 0 Å². The number of rotatable bonds is 4. The predicted molar refractivity (Wildman–Crippen MR) is 93.0 cm³/mol. The van der Waals surface area contributed by atoms with Gasteiger partial charge in [0, 0.05) is 10.8 Å². The van der Waals surface area contributed by atoms with Gasteiger partial charge < -0.3 is 5.32 Å². The smallest absolute Gasteiger partial charge is 0.113 e. The molecule has 2 atom stereocenters. The Balaban J connectivity index is 2.31. The van der Waals surface area contributed by atoms with Crippen molar-refractivity contribution in [1.29, 1.82) is 0 Å². The Morgan fingerprint density at radius 3 is 2.67 bits per heavy atom. The SMILES string of the molecule is CCNC1(c2nc(C(C)(C)C)cs2)CCCC(C(C)C)C1. The van der Waals surface area contributed by atoms with Crippen LogP contribution >= 0.6 is 11.3 Å². The molecule has 0 spiro atoms. The summed E-state index contributed by atoms with van der Waals surface area (Å²) in [6, 6.07) is 0. The minimum Gasteiger partial charge on any atom is -0.306 e. The topological polar surface area (TPSA) is 24.9 Å². The van der Waals surface area contributed by atoms with Crippen LogP contribution < -0.4 is 5.32 Å². The maximum Gasteiger partial charge on any atom is 0.113 e. The third-order valence-corrected chi connectivity index (χ3v) is 5.98. The fraction of sp³-hybridized carbons (Fsp3) is 0.833. The average molecular weight is 309 g/mol. The van der Waals surface area contributed by atoms with E-state index in [0.29, 0.717) is 0 Å². The Labute approximate surface area is 134 Å². The van der Waals surface area contributed by atoms with Crippen molar-refractivity contribution < 1.29 is 0 Å². The van der Waals surface area contributed by atoms with Crippen molar-refractivity contribution in [1.82, 2.24) is 10.3 Å². The zero-order valence-electron chi connectivity index (χ0n) is 14.6. The highest BCUT2D eigenvalue weighted by molar-refractivity contribution is 7.09. The Kier molecular flexibility index (Phi) is 5.15. The van der Waals surface area contributed by atoms with Gasteiger partial charge in [-0.05, 0) is 31.2 Å². The Bertz CT molecular complexity index is 454. The lowest BCUT2D eigenvalue weighted by atomic mass is 9.72. The lowest BCUT2D eigenvalue weighted by Crippen LogP contribution is -2.46. The molecule has 1 aliphatic rings. The van der Waals surface area contributed by atoms with Crippen molar-refractivity contribution in [2.75, 3.05) is 6.54 Å². The second-order valence-corrected chi connectivity index (χ2v) is 8.86. The second kappa shape index (κ2) is 6.37. The first-order valence-electron chi connectivity index (χ1n) is 8.50. The highest BCUT2D eigenvalue weighted by Gasteiger charge is 2.40. The van der Waals surface area contributed by atoms with Crippen LogP contribution in [0.25, 0.3) is 0 Å². The third kappa shape index (κ3) is 3.68. The molecule has 2 nitrogen and oxygen atoms in total. The summed E-state index contributed by atoms with van der Waals surface area (Å²) in [6.07, 6.45) is 5.18. The molecule has 0 aromatic carbocycles. The van der Waals surface area contributed by atoms with Crippen LogP contribution in [0, 0.1) is 11.8 Å². The maximum absolute atomic E-state index is 5.05. The third-order valence-electron chi connectivity index (χ3n) is 4.93. The lowest BCUT2D eigenvalue weighted by Gasteiger charge is -2.41. The summed E-state index contributed by atoms with van der Waals surface area (Å²) in [5.74, 6) is 1.59. The van der Waals surface area contributed by atoms with Crippen LogP contribution in [0.4, 0.5) is 0 Å². The van der Waals surface area contributed by atoms with Crippen LogP contribution in [0.15, 0.2) is 5.38 Å². The minimum absolute atomic E-state index is 0.121. The fourth-order valence-corrected chi connectivity index (χ4v) is 4.76. The van der Waals surface area contributed by atoms with Gasteiger partial charge in [0.2, 0.25) is 0 Å². The van der Waals surface area contributed by atoms with Crippen LogP contribution in [0.5, 0.6) is 0 Å². The van der Waals surface area contributed by atoms with E-state index >= 15 is 0 Å². The Morgan fingerprint density at radius 1 is 1.43 bits per heavy atom. The molecule has 0 radical (unpaired) electrons. The molecule has 3 heteroatoms. The van der Waals surface area contributed by atoms with Crippen LogP contribution in [-0.2, 0) is 11.0 Å². The van der Waals surface area contributed by atoms with Gasteiger partial charge in [-0.15, -0.1) is 11.3 Å². The quantitative estimate of drug-likeness (QED) is 0.838. The summed E-state index contributed by atoms with van der Waals surface area (Å²) in [5, 5.41) is 7.40. The highest BCUT2D eigenvalue weighted by atomic mass is 32.1. The summed E-state index contributed by atoms with van der Waals surface area (Å²) in [5.41, 5.74) is 1.51. The van der Waals surface area contributed by atoms with E-state index in [1.165, 1.54) is 36.4 Å². The van der Waals surface area contributed by atoms with Crippen LogP contribution in [0.1, 0.15) is 77.9 Å². The van der Waals surface area contributed by atoms with Gasteiger partial charge in [-0.2, -0.15) is 0 Å². The van der Waals surface area contributed by atoms with E-state index < -0.39 is 0 Å². The zero-order valence-corrected chi connectivity index (χ0v) is 15.4. The van der Waals surface area contributed by atoms with E-state index in [-0.39, 0.29) is 11.0 Å². The van der Waals surface area contributed by atoms with E-state index in [0.717, 1.165) is 18.4 Å². The maximum atomic E-state index is 5.05. The second-order valence-electron chi connectivity index (χ2n) is 8.00. The normalized spacial score (nSPS) is 27.3. The monoisotopic (exact) mass is 308 g/mol. The fourth-order valence-electron chi connectivity index (χ4n) is 3.49. The van der Waals surface area contributed by atoms with Crippen molar-refractivity contribution >= 4 is 11.3 Å². The van der Waals surface area contributed by atoms with E-state index in [2.05, 4.69) is 52.2 Å². The number of hydrogen-bond acceptors (Lipinski definition) is 3. The number of aromatic nitrogens is 1. The molecule has 2 rings (SSSR count). The van der Waals surface area contributed by atoms with Gasteiger partial charge >= 0.3 is 0 Å². The highest BCUT2D eigenvalue weighted by Crippen LogP contribution is 2.44. The average Bonchev–Trinajstić information content (AvgIpc) is 2.89. The van der Waals surface area contributed by atoms with E-state index in [4.69, 9.17) is 4.98 Å². The Morgan fingerprint density at radius 2 is 2.14 bits per heavy atom. The molecule has 1 aliphatic carbocycles. The number of hydrogen-bond donors (Lipinski definition) is 1. The molecule has 0 amide bonds. The van der Waals surface area contributed by atoms with Crippen molar-refractivity contribution in [3.8, 4) is 0 Å². The van der Waals surface area contributed by atoms with Crippen LogP contribution in [0.2, 0.25) is 0 Å². The zero-order chi connectivity index (χ0) is 15.7. The standard InChI is InChI=1S/C18H32N2S/c1-7-19-18(10-8-9-14(11-18)13(2)3)16-20-15(12-21-16)17(4,5)6/h12-14,19H,7-11H2,1-6H3. The van der Waals surface area contributed by atoms with Crippen molar-refractivity contribution in [3.05, 3.63) is 16.1 Å². The molecular formula is C18H32N2S. The first kappa shape index (κ1) is 17.0. The van der Waals surface area contributed by atoms with E-state index in [1.54, 1.807) is 0 Å². The molecule has 1 fully saturated rings. The molecular weight excluding hydrogens is 276 g/mol. The van der Waals surface area contributed by atoms with Crippen molar-refractivity contribution in [2.45, 2.75) is 78.2 Å². The molecule has 21 heavy (non-hydrogen) atoms. The molecule has 1 heterocycles. The summed E-state index contributed by atoms with van der Waals surface area (Å²) in [7, 11) is 0. The molecule has 0 saturated heterocycles. The first-order valence-corrected chi connectivity index (χ1v) is 9.38. The molecule has 2 unspecified atom stereocenters. The van der Waals surface area contributed by atoms with Gasteiger partial charge in [0.1, 0.15) is 5.01 Å². The molecule has 0 bridgehead atoms. The predicted octanol–water partition coefficient (Wildman–Crippen LogP) is 5.09. The molecule has 1 saturated carbocycles. The van der Waals surface area contributed by atoms with Gasteiger partial charge in [-0.1, -0.05) is 54.4 Å². The van der Waals surface area contributed by atoms with Gasteiger partial charge in [0.15, 0.2) is 0 Å².